The summed E-state index contributed by atoms with van der Waals surface area (Å²) in [5.74, 6) is 0.972. The predicted molar refractivity (Wildman–Crippen MR) is 90.2 cm³/mol. The van der Waals surface area contributed by atoms with E-state index in [9.17, 15) is 0 Å². The van der Waals surface area contributed by atoms with E-state index in [-0.39, 0.29) is 0 Å². The van der Waals surface area contributed by atoms with Crippen LogP contribution in [0.4, 0.5) is 0 Å². The Hall–Kier alpha value is -1.10. The van der Waals surface area contributed by atoms with Gasteiger partial charge in [0, 0.05) is 19.1 Å². The molecule has 2 saturated heterocycles. The molecule has 122 valence electrons. The fraction of sp³-hybridized carbons (Fsp3) is 0.667. The molecular weight excluding hydrogens is 274 g/mol. The average Bonchev–Trinajstić information content (AvgIpc) is 3.23. The first kappa shape index (κ1) is 15.8. The number of nitrogens with zero attached hydrogens (tertiary/aromatic N) is 2. The topological polar surface area (TPSA) is 41.7 Å². The van der Waals surface area contributed by atoms with E-state index in [1.54, 1.807) is 0 Å². The van der Waals surface area contributed by atoms with Gasteiger partial charge in [-0.3, -0.25) is 9.80 Å². The van der Waals surface area contributed by atoms with Crippen molar-refractivity contribution >= 4 is 0 Å². The summed E-state index contributed by atoms with van der Waals surface area (Å²) in [6.45, 7) is 7.33. The second-order valence-corrected chi connectivity index (χ2v) is 6.46. The number of likely N-dealkylation sites (tertiary alicyclic amines) is 2. The van der Waals surface area contributed by atoms with Crippen LogP contribution in [0, 0.1) is 0 Å². The zero-order valence-corrected chi connectivity index (χ0v) is 13.5. The van der Waals surface area contributed by atoms with E-state index in [2.05, 4.69) is 34.1 Å². The summed E-state index contributed by atoms with van der Waals surface area (Å²) in [5.41, 5.74) is 7.31. The van der Waals surface area contributed by atoms with Crippen molar-refractivity contribution < 1.29 is 4.74 Å². The van der Waals surface area contributed by atoms with Gasteiger partial charge in [-0.05, 0) is 69.6 Å². The van der Waals surface area contributed by atoms with E-state index in [4.69, 9.17) is 10.5 Å². The quantitative estimate of drug-likeness (QED) is 0.839. The van der Waals surface area contributed by atoms with Crippen LogP contribution in [0.25, 0.3) is 0 Å². The molecular formula is C18H29N3O. The Kier molecular flexibility index (Phi) is 5.70. The maximum atomic E-state index is 5.99. The number of benzene rings is 1. The second-order valence-electron chi connectivity index (χ2n) is 6.46. The van der Waals surface area contributed by atoms with Crippen LogP contribution in [0.15, 0.2) is 24.3 Å². The molecule has 1 unspecified atom stereocenters. The summed E-state index contributed by atoms with van der Waals surface area (Å²) in [6, 6.07) is 8.92. The first-order valence-electron chi connectivity index (χ1n) is 8.76. The SMILES string of the molecule is NCC(c1ccc(OCCN2CCCC2)cc1)N1CCCC1. The van der Waals surface area contributed by atoms with Crippen LogP contribution in [0.3, 0.4) is 0 Å². The maximum Gasteiger partial charge on any atom is 0.119 e. The lowest BCUT2D eigenvalue weighted by Crippen LogP contribution is -2.31. The Morgan fingerprint density at radius 2 is 1.59 bits per heavy atom. The number of ether oxygens (including phenoxy) is 1. The molecule has 22 heavy (non-hydrogen) atoms. The first-order chi connectivity index (χ1) is 10.9. The fourth-order valence-electron chi connectivity index (χ4n) is 3.63. The van der Waals surface area contributed by atoms with Crippen molar-refractivity contribution in [3.8, 4) is 5.75 Å². The van der Waals surface area contributed by atoms with Crippen molar-refractivity contribution in [2.24, 2.45) is 5.73 Å². The van der Waals surface area contributed by atoms with Gasteiger partial charge in [-0.1, -0.05) is 12.1 Å². The predicted octanol–water partition coefficient (Wildman–Crippen LogP) is 2.26. The second kappa shape index (κ2) is 7.95. The van der Waals surface area contributed by atoms with Crippen LogP contribution in [-0.4, -0.2) is 55.7 Å². The summed E-state index contributed by atoms with van der Waals surface area (Å²) >= 11 is 0. The highest BCUT2D eigenvalue weighted by molar-refractivity contribution is 5.29. The Labute approximate surface area is 134 Å². The van der Waals surface area contributed by atoms with Gasteiger partial charge in [0.1, 0.15) is 12.4 Å². The smallest absolute Gasteiger partial charge is 0.119 e. The third-order valence-corrected chi connectivity index (χ3v) is 4.94. The Bertz CT molecular complexity index is 436. The molecule has 2 fully saturated rings. The third kappa shape index (κ3) is 4.00. The zero-order chi connectivity index (χ0) is 15.2. The summed E-state index contributed by atoms with van der Waals surface area (Å²) < 4.78 is 5.88. The van der Waals surface area contributed by atoms with E-state index in [1.165, 1.54) is 57.4 Å². The van der Waals surface area contributed by atoms with Gasteiger partial charge in [0.2, 0.25) is 0 Å². The van der Waals surface area contributed by atoms with E-state index in [1.807, 2.05) is 0 Å². The van der Waals surface area contributed by atoms with Crippen molar-refractivity contribution in [3.05, 3.63) is 29.8 Å². The molecule has 0 amide bonds. The molecule has 0 aromatic heterocycles. The van der Waals surface area contributed by atoms with Gasteiger partial charge in [-0.2, -0.15) is 0 Å². The van der Waals surface area contributed by atoms with Crippen LogP contribution in [0.5, 0.6) is 5.75 Å². The van der Waals surface area contributed by atoms with Crippen LogP contribution >= 0.6 is 0 Å². The fourth-order valence-corrected chi connectivity index (χ4v) is 3.63. The third-order valence-electron chi connectivity index (χ3n) is 4.94. The molecule has 2 heterocycles. The van der Waals surface area contributed by atoms with Gasteiger partial charge in [-0.15, -0.1) is 0 Å². The van der Waals surface area contributed by atoms with Crippen molar-refractivity contribution in [1.82, 2.24) is 9.80 Å². The van der Waals surface area contributed by atoms with E-state index in [0.29, 0.717) is 12.6 Å². The van der Waals surface area contributed by atoms with Gasteiger partial charge in [0.15, 0.2) is 0 Å². The molecule has 1 aromatic rings. The van der Waals surface area contributed by atoms with Gasteiger partial charge in [-0.25, -0.2) is 0 Å². The molecule has 4 heteroatoms. The van der Waals surface area contributed by atoms with E-state index < -0.39 is 0 Å². The highest BCUT2D eigenvalue weighted by atomic mass is 16.5. The highest BCUT2D eigenvalue weighted by Crippen LogP contribution is 2.25. The van der Waals surface area contributed by atoms with Gasteiger partial charge in [0.05, 0.1) is 0 Å². The summed E-state index contributed by atoms with van der Waals surface area (Å²) in [7, 11) is 0. The summed E-state index contributed by atoms with van der Waals surface area (Å²) in [5, 5.41) is 0. The van der Waals surface area contributed by atoms with E-state index in [0.717, 1.165) is 18.9 Å². The molecule has 2 aliphatic rings. The lowest BCUT2D eigenvalue weighted by Gasteiger charge is -2.26. The molecule has 0 bridgehead atoms. The summed E-state index contributed by atoms with van der Waals surface area (Å²) in [6.07, 6.45) is 5.28. The number of hydrogen-bond donors (Lipinski definition) is 1. The molecule has 0 radical (unpaired) electrons. The molecule has 4 nitrogen and oxygen atoms in total. The van der Waals surface area contributed by atoms with Gasteiger partial charge in [0.25, 0.3) is 0 Å². The molecule has 0 aliphatic carbocycles. The number of nitrogens with two attached hydrogens (primary N) is 1. The van der Waals surface area contributed by atoms with Crippen LogP contribution in [-0.2, 0) is 0 Å². The molecule has 3 rings (SSSR count). The van der Waals surface area contributed by atoms with Crippen molar-refractivity contribution in [3.63, 3.8) is 0 Å². The highest BCUT2D eigenvalue weighted by Gasteiger charge is 2.22. The van der Waals surface area contributed by atoms with Crippen LogP contribution in [0.1, 0.15) is 37.3 Å². The average molecular weight is 303 g/mol. The lowest BCUT2D eigenvalue weighted by atomic mass is 10.1. The largest absolute Gasteiger partial charge is 0.492 e. The molecule has 0 spiro atoms. The first-order valence-corrected chi connectivity index (χ1v) is 8.76. The van der Waals surface area contributed by atoms with Crippen LogP contribution < -0.4 is 10.5 Å². The molecule has 1 atom stereocenters. The molecule has 0 saturated carbocycles. The molecule has 2 aliphatic heterocycles. The zero-order valence-electron chi connectivity index (χ0n) is 13.5. The van der Waals surface area contributed by atoms with Crippen molar-refractivity contribution in [2.45, 2.75) is 31.7 Å². The monoisotopic (exact) mass is 303 g/mol. The van der Waals surface area contributed by atoms with Gasteiger partial charge >= 0.3 is 0 Å². The van der Waals surface area contributed by atoms with Crippen molar-refractivity contribution in [2.75, 3.05) is 45.9 Å². The lowest BCUT2D eigenvalue weighted by molar-refractivity contribution is 0.237. The Balaban J connectivity index is 1.50. The van der Waals surface area contributed by atoms with Crippen LogP contribution in [0.2, 0.25) is 0 Å². The van der Waals surface area contributed by atoms with E-state index >= 15 is 0 Å². The minimum atomic E-state index is 0.362. The normalized spacial score (nSPS) is 21.3. The minimum absolute atomic E-state index is 0.362. The minimum Gasteiger partial charge on any atom is -0.492 e. The number of rotatable bonds is 7. The Morgan fingerprint density at radius 1 is 0.955 bits per heavy atom. The standard InChI is InChI=1S/C18H29N3O/c19-15-18(21-11-3-4-12-21)16-5-7-17(8-6-16)22-14-13-20-9-1-2-10-20/h5-8,18H,1-4,9-15,19H2. The Morgan fingerprint density at radius 3 is 2.23 bits per heavy atom. The molecule has 2 N–H and O–H groups in total. The molecule has 1 aromatic carbocycles. The summed E-state index contributed by atoms with van der Waals surface area (Å²) in [4.78, 5) is 4.98. The van der Waals surface area contributed by atoms with Crippen molar-refractivity contribution in [1.29, 1.82) is 0 Å². The number of hydrogen-bond acceptors (Lipinski definition) is 4. The maximum absolute atomic E-state index is 5.99. The van der Waals surface area contributed by atoms with Gasteiger partial charge < -0.3 is 10.5 Å².